The Morgan fingerprint density at radius 3 is 2.04 bits per heavy atom. The third-order valence-electron chi connectivity index (χ3n) is 4.37. The first kappa shape index (κ1) is 18.6. The number of carbonyl (C=O) groups excluding carboxylic acids is 1. The van der Waals surface area contributed by atoms with Crippen LogP contribution < -0.4 is 10.6 Å². The number of aryl methyl sites for hydroxylation is 5. The van der Waals surface area contributed by atoms with E-state index in [2.05, 4.69) is 26.7 Å². The van der Waals surface area contributed by atoms with Crippen LogP contribution in [0.15, 0.2) is 42.5 Å². The summed E-state index contributed by atoms with van der Waals surface area (Å²) >= 11 is 0. The molecule has 0 atom stereocenters. The number of aromatic nitrogens is 2. The predicted octanol–water partition coefficient (Wildman–Crippen LogP) is 5.01. The fourth-order valence-electron chi connectivity index (χ4n) is 2.79. The molecule has 2 N–H and O–H groups in total. The van der Waals surface area contributed by atoms with Gasteiger partial charge >= 0.3 is 0 Å². The van der Waals surface area contributed by atoms with Gasteiger partial charge in [-0.1, -0.05) is 24.3 Å². The van der Waals surface area contributed by atoms with E-state index in [-0.39, 0.29) is 5.91 Å². The van der Waals surface area contributed by atoms with Crippen LogP contribution in [-0.2, 0) is 0 Å². The van der Waals surface area contributed by atoms with Crippen molar-refractivity contribution in [1.82, 2.24) is 9.97 Å². The van der Waals surface area contributed by atoms with Gasteiger partial charge in [0.1, 0.15) is 5.69 Å². The molecule has 3 aromatic rings. The van der Waals surface area contributed by atoms with Gasteiger partial charge in [-0.15, -0.1) is 0 Å². The van der Waals surface area contributed by atoms with Crippen molar-refractivity contribution in [3.8, 4) is 0 Å². The highest BCUT2D eigenvalue weighted by Gasteiger charge is 2.13. The molecule has 27 heavy (non-hydrogen) atoms. The van der Waals surface area contributed by atoms with E-state index < -0.39 is 0 Å². The van der Waals surface area contributed by atoms with Crippen molar-refractivity contribution in [1.29, 1.82) is 0 Å². The maximum atomic E-state index is 12.7. The molecule has 0 saturated heterocycles. The van der Waals surface area contributed by atoms with E-state index in [9.17, 15) is 4.79 Å². The van der Waals surface area contributed by atoms with Crippen LogP contribution in [0.3, 0.4) is 0 Å². The normalized spacial score (nSPS) is 10.6. The second-order valence-electron chi connectivity index (χ2n) is 6.93. The molecule has 0 unspecified atom stereocenters. The van der Waals surface area contributed by atoms with Crippen LogP contribution in [0.25, 0.3) is 0 Å². The number of hydrogen-bond acceptors (Lipinski definition) is 4. The Kier molecular flexibility index (Phi) is 5.21. The summed E-state index contributed by atoms with van der Waals surface area (Å²) in [5.74, 6) is 0.160. The van der Waals surface area contributed by atoms with Gasteiger partial charge in [0.2, 0.25) is 5.95 Å². The zero-order chi connectivity index (χ0) is 19.6. The summed E-state index contributed by atoms with van der Waals surface area (Å²) in [5, 5.41) is 6.18. The van der Waals surface area contributed by atoms with Crippen molar-refractivity contribution in [3.05, 3.63) is 76.1 Å². The number of hydrogen-bond donors (Lipinski definition) is 2. The molecule has 0 fully saturated rings. The van der Waals surface area contributed by atoms with Crippen molar-refractivity contribution in [2.75, 3.05) is 10.6 Å². The first-order chi connectivity index (χ1) is 12.8. The number of benzene rings is 2. The van der Waals surface area contributed by atoms with Gasteiger partial charge in [-0.25, -0.2) is 9.97 Å². The van der Waals surface area contributed by atoms with Gasteiger partial charge in [-0.05, 0) is 75.1 Å². The summed E-state index contributed by atoms with van der Waals surface area (Å²) in [5.41, 5.74) is 7.11. The van der Waals surface area contributed by atoms with E-state index in [1.807, 2.05) is 65.0 Å². The Labute approximate surface area is 159 Å². The van der Waals surface area contributed by atoms with Gasteiger partial charge in [0.05, 0.1) is 0 Å². The zero-order valence-electron chi connectivity index (χ0n) is 16.3. The quantitative estimate of drug-likeness (QED) is 0.686. The average molecular weight is 360 g/mol. The molecule has 0 saturated carbocycles. The molecule has 1 amide bonds. The van der Waals surface area contributed by atoms with Crippen molar-refractivity contribution >= 4 is 23.2 Å². The topological polar surface area (TPSA) is 66.9 Å². The molecule has 5 heteroatoms. The van der Waals surface area contributed by atoms with Gasteiger partial charge in [0.25, 0.3) is 5.91 Å². The van der Waals surface area contributed by atoms with E-state index in [1.54, 1.807) is 6.07 Å². The smallest absolute Gasteiger partial charge is 0.274 e. The standard InChI is InChI=1S/C22H24N4O/c1-13-6-8-15(3)18(10-13)24-21(27)20-12-17(5)23-22(26-20)25-19-11-14(2)7-9-16(19)4/h6-12H,1-5H3,(H,24,27)(H,23,25,26). The molecule has 0 spiro atoms. The monoisotopic (exact) mass is 360 g/mol. The predicted molar refractivity (Wildman–Crippen MR) is 110 cm³/mol. The summed E-state index contributed by atoms with van der Waals surface area (Å²) in [7, 11) is 0. The number of nitrogens with zero attached hydrogens (tertiary/aromatic N) is 2. The molecule has 0 bridgehead atoms. The van der Waals surface area contributed by atoms with Crippen molar-refractivity contribution in [2.24, 2.45) is 0 Å². The lowest BCUT2D eigenvalue weighted by Gasteiger charge is -2.12. The van der Waals surface area contributed by atoms with Gasteiger partial charge in [-0.2, -0.15) is 0 Å². The molecule has 0 aliphatic rings. The lowest BCUT2D eigenvalue weighted by molar-refractivity contribution is 0.102. The summed E-state index contributed by atoms with van der Waals surface area (Å²) in [6.07, 6.45) is 0. The van der Waals surface area contributed by atoms with E-state index >= 15 is 0 Å². The Morgan fingerprint density at radius 1 is 0.778 bits per heavy atom. The van der Waals surface area contributed by atoms with Crippen molar-refractivity contribution in [3.63, 3.8) is 0 Å². The van der Waals surface area contributed by atoms with Crippen LogP contribution in [0.4, 0.5) is 17.3 Å². The fourth-order valence-corrected chi connectivity index (χ4v) is 2.79. The molecule has 0 aliphatic heterocycles. The van der Waals surface area contributed by atoms with Crippen LogP contribution in [0, 0.1) is 34.6 Å². The van der Waals surface area contributed by atoms with E-state index in [0.29, 0.717) is 11.6 Å². The van der Waals surface area contributed by atoms with E-state index in [1.165, 1.54) is 0 Å². The number of nitrogens with one attached hydrogen (secondary N) is 2. The number of rotatable bonds is 4. The Balaban J connectivity index is 1.87. The van der Waals surface area contributed by atoms with Gasteiger partial charge < -0.3 is 10.6 Å². The molecule has 138 valence electrons. The van der Waals surface area contributed by atoms with Gasteiger partial charge in [-0.3, -0.25) is 4.79 Å². The third-order valence-corrected chi connectivity index (χ3v) is 4.37. The highest BCUT2D eigenvalue weighted by Crippen LogP contribution is 2.21. The van der Waals surface area contributed by atoms with E-state index in [0.717, 1.165) is 39.3 Å². The third kappa shape index (κ3) is 4.50. The van der Waals surface area contributed by atoms with Gasteiger partial charge in [0, 0.05) is 17.1 Å². The second kappa shape index (κ2) is 7.58. The molecule has 1 aromatic heterocycles. The Bertz CT molecular complexity index is 1010. The Morgan fingerprint density at radius 2 is 1.37 bits per heavy atom. The van der Waals surface area contributed by atoms with Crippen molar-refractivity contribution in [2.45, 2.75) is 34.6 Å². The minimum absolute atomic E-state index is 0.252. The maximum absolute atomic E-state index is 12.7. The maximum Gasteiger partial charge on any atom is 0.274 e. The molecule has 2 aromatic carbocycles. The number of anilines is 3. The highest BCUT2D eigenvalue weighted by molar-refractivity contribution is 6.03. The molecule has 1 heterocycles. The number of amides is 1. The van der Waals surface area contributed by atoms with Gasteiger partial charge in [0.15, 0.2) is 0 Å². The zero-order valence-corrected chi connectivity index (χ0v) is 16.3. The summed E-state index contributed by atoms with van der Waals surface area (Å²) < 4.78 is 0. The average Bonchev–Trinajstić information content (AvgIpc) is 2.61. The molecule has 0 radical (unpaired) electrons. The van der Waals surface area contributed by atoms with Crippen LogP contribution in [-0.4, -0.2) is 15.9 Å². The lowest BCUT2D eigenvalue weighted by atomic mass is 10.1. The van der Waals surface area contributed by atoms with Crippen molar-refractivity contribution < 1.29 is 4.79 Å². The SMILES string of the molecule is Cc1ccc(C)c(NC(=O)c2cc(C)nc(Nc3cc(C)ccc3C)n2)c1. The molecular weight excluding hydrogens is 336 g/mol. The highest BCUT2D eigenvalue weighted by atomic mass is 16.1. The Hall–Kier alpha value is -3.21. The van der Waals surface area contributed by atoms with Crippen LogP contribution >= 0.6 is 0 Å². The molecular formula is C22H24N4O. The molecule has 5 nitrogen and oxygen atoms in total. The van der Waals surface area contributed by atoms with E-state index in [4.69, 9.17) is 0 Å². The minimum atomic E-state index is -0.252. The summed E-state index contributed by atoms with van der Waals surface area (Å²) in [6.45, 7) is 9.87. The number of carbonyl (C=O) groups is 1. The summed E-state index contributed by atoms with van der Waals surface area (Å²) in [4.78, 5) is 21.6. The first-order valence-electron chi connectivity index (χ1n) is 8.90. The van der Waals surface area contributed by atoms with Crippen LogP contribution in [0.1, 0.15) is 38.4 Å². The first-order valence-corrected chi connectivity index (χ1v) is 8.90. The van der Waals surface area contributed by atoms with Crippen LogP contribution in [0.2, 0.25) is 0 Å². The summed E-state index contributed by atoms with van der Waals surface area (Å²) in [6, 6.07) is 13.8. The minimum Gasteiger partial charge on any atom is -0.324 e. The lowest BCUT2D eigenvalue weighted by Crippen LogP contribution is -2.16. The fraction of sp³-hybridized carbons (Fsp3) is 0.227. The second-order valence-corrected chi connectivity index (χ2v) is 6.93. The molecule has 0 aliphatic carbocycles. The van der Waals surface area contributed by atoms with Crippen LogP contribution in [0.5, 0.6) is 0 Å². The largest absolute Gasteiger partial charge is 0.324 e. The molecule has 3 rings (SSSR count).